The first-order valence-corrected chi connectivity index (χ1v) is 9.19. The Morgan fingerprint density at radius 3 is 1.16 bits per heavy atom. The van der Waals surface area contributed by atoms with Crippen LogP contribution in [0.3, 0.4) is 0 Å². The van der Waals surface area contributed by atoms with Crippen LogP contribution >= 0.6 is 0 Å². The molecule has 1 atom stereocenters. The van der Waals surface area contributed by atoms with Crippen LogP contribution in [0.5, 0.6) is 0 Å². The second-order valence-corrected chi connectivity index (χ2v) is 5.45. The largest absolute Gasteiger partial charge is 0.0683 e. The summed E-state index contributed by atoms with van der Waals surface area (Å²) >= 11 is 0. The maximum absolute atomic E-state index is 2.36. The van der Waals surface area contributed by atoms with E-state index in [1.807, 2.05) is 13.8 Å². The lowest BCUT2D eigenvalue weighted by molar-refractivity contribution is 0.309. The highest BCUT2D eigenvalue weighted by Gasteiger charge is 2.13. The molecule has 0 aromatic heterocycles. The van der Waals surface area contributed by atoms with Crippen LogP contribution < -0.4 is 0 Å². The Morgan fingerprint density at radius 2 is 0.895 bits per heavy atom. The molecule has 0 rings (SSSR count). The van der Waals surface area contributed by atoms with Crippen LogP contribution in [0.2, 0.25) is 0 Å². The Hall–Kier alpha value is 0. The van der Waals surface area contributed by atoms with Crippen molar-refractivity contribution in [2.45, 2.75) is 113 Å². The highest BCUT2D eigenvalue weighted by Crippen LogP contribution is 2.26. The summed E-state index contributed by atoms with van der Waals surface area (Å²) < 4.78 is 0. The van der Waals surface area contributed by atoms with Gasteiger partial charge in [0.1, 0.15) is 0 Å². The summed E-state index contributed by atoms with van der Waals surface area (Å²) in [5.74, 6) is 2.02. The minimum Gasteiger partial charge on any atom is -0.0683 e. The lowest BCUT2D eigenvalue weighted by atomic mass is 9.85. The van der Waals surface area contributed by atoms with E-state index in [0.29, 0.717) is 0 Å². The quantitative estimate of drug-likeness (QED) is 0.400. The van der Waals surface area contributed by atoms with E-state index in [2.05, 4.69) is 41.5 Å². The smallest absolute Gasteiger partial charge is 0.0412 e. The van der Waals surface area contributed by atoms with Gasteiger partial charge in [0.25, 0.3) is 0 Å². The summed E-state index contributed by atoms with van der Waals surface area (Å²) in [6.45, 7) is 17.6. The summed E-state index contributed by atoms with van der Waals surface area (Å²) in [5.41, 5.74) is 0. The number of hydrogen-bond donors (Lipinski definition) is 0. The van der Waals surface area contributed by atoms with Gasteiger partial charge >= 0.3 is 0 Å². The molecule has 0 saturated carbocycles. The van der Waals surface area contributed by atoms with Crippen molar-refractivity contribution < 1.29 is 0 Å². The van der Waals surface area contributed by atoms with E-state index in [1.165, 1.54) is 57.8 Å². The minimum atomic E-state index is 1.00. The normalized spacial score (nSPS) is 11.2. The van der Waals surface area contributed by atoms with Crippen molar-refractivity contribution >= 4 is 0 Å². The third-order valence-electron chi connectivity index (χ3n) is 3.33. The zero-order valence-electron chi connectivity index (χ0n) is 15.5. The molecular formula is C19H44. The summed E-state index contributed by atoms with van der Waals surface area (Å²) in [6, 6.07) is 0. The zero-order chi connectivity index (χ0) is 15.5. The monoisotopic (exact) mass is 272 g/mol. The third-order valence-corrected chi connectivity index (χ3v) is 3.33. The molecule has 0 nitrogen and oxygen atoms in total. The van der Waals surface area contributed by atoms with Gasteiger partial charge in [-0.3, -0.25) is 0 Å². The summed E-state index contributed by atoms with van der Waals surface area (Å²) in [6.07, 6.45) is 12.6. The van der Waals surface area contributed by atoms with E-state index in [0.717, 1.165) is 11.8 Å². The molecule has 0 spiro atoms. The molecule has 1 unspecified atom stereocenters. The van der Waals surface area contributed by atoms with E-state index >= 15 is 0 Å². The Labute approximate surface area is 125 Å². The molecule has 0 aliphatic carbocycles. The molecule has 0 radical (unpaired) electrons. The molecule has 0 aromatic carbocycles. The van der Waals surface area contributed by atoms with Crippen molar-refractivity contribution in [2.75, 3.05) is 0 Å². The van der Waals surface area contributed by atoms with Crippen molar-refractivity contribution in [3.8, 4) is 0 Å². The minimum absolute atomic E-state index is 1.00. The fraction of sp³-hybridized carbons (Fsp3) is 1.00. The van der Waals surface area contributed by atoms with Gasteiger partial charge in [0, 0.05) is 0 Å². The summed E-state index contributed by atoms with van der Waals surface area (Å²) in [4.78, 5) is 0. The lowest BCUT2D eigenvalue weighted by Gasteiger charge is -2.21. The van der Waals surface area contributed by atoms with Crippen molar-refractivity contribution in [3.05, 3.63) is 0 Å². The fourth-order valence-electron chi connectivity index (χ4n) is 2.56. The predicted molar refractivity (Wildman–Crippen MR) is 93.9 cm³/mol. The molecule has 0 aliphatic rings. The molecule has 0 saturated heterocycles. The van der Waals surface area contributed by atoms with Crippen molar-refractivity contribution in [3.63, 3.8) is 0 Å². The van der Waals surface area contributed by atoms with Gasteiger partial charge in [-0.1, -0.05) is 107 Å². The van der Waals surface area contributed by atoms with Gasteiger partial charge < -0.3 is 0 Å². The molecule has 0 fully saturated rings. The van der Waals surface area contributed by atoms with Crippen molar-refractivity contribution in [1.29, 1.82) is 0 Å². The molecule has 120 valence electrons. The van der Waals surface area contributed by atoms with Crippen LogP contribution in [-0.4, -0.2) is 0 Å². The Bertz CT molecular complexity index is 111. The average Bonchev–Trinajstić information content (AvgIpc) is 2.42. The number of rotatable bonds is 9. The lowest BCUT2D eigenvalue weighted by Crippen LogP contribution is -2.08. The standard InChI is InChI=1S/C14H30.C3H8.C2H6/c1-5-9-13(8-4)12-14(10-6-2)11-7-3;1-3-2;1-2/h13-14H,5-12H2,1-4H3;3H2,1-2H3;1-2H3. The first-order valence-electron chi connectivity index (χ1n) is 9.19. The van der Waals surface area contributed by atoms with Gasteiger partial charge in [-0.25, -0.2) is 0 Å². The predicted octanol–water partition coefficient (Wildman–Crippen LogP) is 7.86. The number of hydrogen-bond acceptors (Lipinski definition) is 0. The zero-order valence-corrected chi connectivity index (χ0v) is 15.5. The summed E-state index contributed by atoms with van der Waals surface area (Å²) in [7, 11) is 0. The molecular weight excluding hydrogens is 228 g/mol. The maximum Gasteiger partial charge on any atom is -0.0412 e. The first kappa shape index (κ1) is 24.0. The molecule has 0 heteroatoms. The molecule has 19 heavy (non-hydrogen) atoms. The van der Waals surface area contributed by atoms with Crippen molar-refractivity contribution in [2.24, 2.45) is 11.8 Å². The Balaban J connectivity index is -0.000000445. The third kappa shape index (κ3) is 20.5. The van der Waals surface area contributed by atoms with Crippen LogP contribution in [0.15, 0.2) is 0 Å². The highest BCUT2D eigenvalue weighted by atomic mass is 14.2. The van der Waals surface area contributed by atoms with Gasteiger partial charge in [-0.2, -0.15) is 0 Å². The topological polar surface area (TPSA) is 0 Å². The van der Waals surface area contributed by atoms with Crippen LogP contribution in [0.4, 0.5) is 0 Å². The second-order valence-electron chi connectivity index (χ2n) is 5.45. The van der Waals surface area contributed by atoms with Gasteiger partial charge in [0.2, 0.25) is 0 Å². The van der Waals surface area contributed by atoms with E-state index in [-0.39, 0.29) is 0 Å². The summed E-state index contributed by atoms with van der Waals surface area (Å²) in [5, 5.41) is 0. The van der Waals surface area contributed by atoms with Crippen molar-refractivity contribution in [1.82, 2.24) is 0 Å². The van der Waals surface area contributed by atoms with E-state index in [4.69, 9.17) is 0 Å². The van der Waals surface area contributed by atoms with Crippen LogP contribution in [0, 0.1) is 11.8 Å². The molecule has 0 aromatic rings. The van der Waals surface area contributed by atoms with Crippen LogP contribution in [-0.2, 0) is 0 Å². The second kappa shape index (κ2) is 23.1. The maximum atomic E-state index is 2.36. The molecule has 0 aliphatic heterocycles. The average molecular weight is 273 g/mol. The SMILES string of the molecule is CC.CCC.CCCC(CC)CC(CCC)CCC. The molecule has 0 amide bonds. The fourth-order valence-corrected chi connectivity index (χ4v) is 2.56. The molecule has 0 N–H and O–H groups in total. The molecule has 0 heterocycles. The Morgan fingerprint density at radius 1 is 0.579 bits per heavy atom. The highest BCUT2D eigenvalue weighted by molar-refractivity contribution is 4.65. The first-order chi connectivity index (χ1) is 9.19. The van der Waals surface area contributed by atoms with E-state index in [1.54, 1.807) is 0 Å². The molecule has 0 bridgehead atoms. The van der Waals surface area contributed by atoms with Gasteiger partial charge in [0.15, 0.2) is 0 Å². The van der Waals surface area contributed by atoms with Gasteiger partial charge in [0.05, 0.1) is 0 Å². The van der Waals surface area contributed by atoms with E-state index in [9.17, 15) is 0 Å². The Kier molecular flexibility index (Phi) is 29.3. The van der Waals surface area contributed by atoms with Gasteiger partial charge in [-0.15, -0.1) is 0 Å². The van der Waals surface area contributed by atoms with Crippen LogP contribution in [0.25, 0.3) is 0 Å². The van der Waals surface area contributed by atoms with Crippen LogP contribution in [0.1, 0.15) is 113 Å². The van der Waals surface area contributed by atoms with Gasteiger partial charge in [-0.05, 0) is 18.3 Å². The van der Waals surface area contributed by atoms with E-state index < -0.39 is 0 Å².